The predicted molar refractivity (Wildman–Crippen MR) is 110 cm³/mol. The minimum absolute atomic E-state index is 0.00625. The van der Waals surface area contributed by atoms with Crippen LogP contribution in [0.25, 0.3) is 0 Å². The second-order valence-electron chi connectivity index (χ2n) is 7.57. The number of carbonyl (C=O) groups excluding carboxylic acids is 1. The van der Waals surface area contributed by atoms with Crippen LogP contribution < -0.4 is 10.0 Å². The zero-order valence-electron chi connectivity index (χ0n) is 16.4. The van der Waals surface area contributed by atoms with Gasteiger partial charge in [0.2, 0.25) is 10.0 Å². The van der Waals surface area contributed by atoms with Crippen molar-refractivity contribution >= 4 is 27.4 Å². The summed E-state index contributed by atoms with van der Waals surface area (Å²) in [6.45, 7) is 5.39. The lowest BCUT2D eigenvalue weighted by atomic mass is 9.94. The third-order valence-electron chi connectivity index (χ3n) is 4.89. The fourth-order valence-electron chi connectivity index (χ4n) is 3.46. The minimum Gasteiger partial charge on any atom is -0.324 e. The number of benzene rings is 1. The van der Waals surface area contributed by atoms with Crippen molar-refractivity contribution in [2.45, 2.75) is 38.5 Å². The number of piperidine rings is 1. The molecule has 0 bridgehead atoms. The van der Waals surface area contributed by atoms with Gasteiger partial charge in [-0.15, -0.1) is 0 Å². The zero-order valence-corrected chi connectivity index (χ0v) is 17.2. The van der Waals surface area contributed by atoms with Gasteiger partial charge in [-0.05, 0) is 36.5 Å². The number of anilines is 2. The SMILES string of the molecule is CC(C)c1cccc(NC(=O)N2CCC[C@H](c3[nH]ncc3NS(C)(=O)=O)C2)c1. The number of aromatic nitrogens is 2. The molecular weight excluding hydrogens is 378 g/mol. The number of aromatic amines is 1. The molecule has 3 N–H and O–H groups in total. The van der Waals surface area contributed by atoms with Crippen molar-refractivity contribution < 1.29 is 13.2 Å². The van der Waals surface area contributed by atoms with E-state index in [1.165, 1.54) is 11.8 Å². The Morgan fingerprint density at radius 1 is 1.36 bits per heavy atom. The second kappa shape index (κ2) is 8.22. The van der Waals surface area contributed by atoms with Gasteiger partial charge in [-0.25, -0.2) is 13.2 Å². The first-order valence-corrected chi connectivity index (χ1v) is 11.3. The molecular formula is C19H27N5O3S. The Bertz CT molecular complexity index is 939. The smallest absolute Gasteiger partial charge is 0.321 e. The van der Waals surface area contributed by atoms with Crippen LogP contribution in [-0.4, -0.2) is 48.9 Å². The number of carbonyl (C=O) groups is 1. The summed E-state index contributed by atoms with van der Waals surface area (Å²) in [6, 6.07) is 7.72. The Labute approximate surface area is 165 Å². The number of urea groups is 1. The molecule has 2 heterocycles. The first-order chi connectivity index (χ1) is 13.2. The van der Waals surface area contributed by atoms with Gasteiger partial charge >= 0.3 is 6.03 Å². The number of nitrogens with one attached hydrogen (secondary N) is 3. The fraction of sp³-hybridized carbons (Fsp3) is 0.474. The van der Waals surface area contributed by atoms with Crippen LogP contribution in [0.1, 0.15) is 49.8 Å². The number of hydrogen-bond donors (Lipinski definition) is 3. The standard InChI is InChI=1S/C19H27N5O3S/c1-13(2)14-6-4-8-16(10-14)21-19(25)24-9-5-7-15(12-24)18-17(11-20-22-18)23-28(3,26)27/h4,6,8,10-11,13,15,23H,5,7,9,12H2,1-3H3,(H,20,22)(H,21,25)/t15-/m0/s1. The van der Waals surface area contributed by atoms with E-state index in [4.69, 9.17) is 0 Å². The highest BCUT2D eigenvalue weighted by molar-refractivity contribution is 7.92. The summed E-state index contributed by atoms with van der Waals surface area (Å²) < 4.78 is 25.6. The molecule has 1 aromatic carbocycles. The summed E-state index contributed by atoms with van der Waals surface area (Å²) in [4.78, 5) is 14.5. The van der Waals surface area contributed by atoms with Crippen LogP contribution in [0.15, 0.2) is 30.5 Å². The number of H-pyrrole nitrogens is 1. The maximum atomic E-state index is 12.8. The van der Waals surface area contributed by atoms with Crippen molar-refractivity contribution in [1.82, 2.24) is 15.1 Å². The highest BCUT2D eigenvalue weighted by atomic mass is 32.2. The quantitative estimate of drug-likeness (QED) is 0.709. The van der Waals surface area contributed by atoms with E-state index in [-0.39, 0.29) is 11.9 Å². The van der Waals surface area contributed by atoms with Gasteiger partial charge in [0.15, 0.2) is 0 Å². The summed E-state index contributed by atoms with van der Waals surface area (Å²) in [5.41, 5.74) is 3.10. The predicted octanol–water partition coefficient (Wildman–Crippen LogP) is 3.32. The molecule has 3 rings (SSSR count). The maximum absolute atomic E-state index is 12.8. The van der Waals surface area contributed by atoms with Gasteiger partial charge in [-0.1, -0.05) is 26.0 Å². The zero-order chi connectivity index (χ0) is 20.3. The largest absolute Gasteiger partial charge is 0.324 e. The van der Waals surface area contributed by atoms with Gasteiger partial charge < -0.3 is 10.2 Å². The lowest BCUT2D eigenvalue weighted by Crippen LogP contribution is -2.41. The fourth-order valence-corrected chi connectivity index (χ4v) is 4.03. The molecule has 0 unspecified atom stereocenters. The Morgan fingerprint density at radius 3 is 2.86 bits per heavy atom. The molecule has 1 aliphatic heterocycles. The average Bonchev–Trinajstić information content (AvgIpc) is 3.08. The third-order valence-corrected chi connectivity index (χ3v) is 5.48. The lowest BCUT2D eigenvalue weighted by Gasteiger charge is -2.32. The molecule has 2 aromatic rings. The Morgan fingerprint density at radius 2 is 2.14 bits per heavy atom. The van der Waals surface area contributed by atoms with Gasteiger partial charge in [0, 0.05) is 24.7 Å². The summed E-state index contributed by atoms with van der Waals surface area (Å²) in [5.74, 6) is 0.380. The molecule has 152 valence electrons. The molecule has 0 spiro atoms. The van der Waals surface area contributed by atoms with Crippen molar-refractivity contribution in [2.75, 3.05) is 29.4 Å². The highest BCUT2D eigenvalue weighted by Crippen LogP contribution is 2.31. The summed E-state index contributed by atoms with van der Waals surface area (Å²) in [7, 11) is -3.39. The molecule has 1 aromatic heterocycles. The first kappa shape index (κ1) is 20.2. The summed E-state index contributed by atoms with van der Waals surface area (Å²) >= 11 is 0. The molecule has 2 amide bonds. The van der Waals surface area contributed by atoms with E-state index in [0.29, 0.717) is 30.4 Å². The van der Waals surface area contributed by atoms with Crippen LogP contribution in [0.5, 0.6) is 0 Å². The Hall–Kier alpha value is -2.55. The van der Waals surface area contributed by atoms with Crippen LogP contribution in [0.3, 0.4) is 0 Å². The van der Waals surface area contributed by atoms with Gasteiger partial charge in [0.05, 0.1) is 23.8 Å². The molecule has 8 nitrogen and oxygen atoms in total. The van der Waals surface area contributed by atoms with Crippen molar-refractivity contribution in [2.24, 2.45) is 0 Å². The van der Waals surface area contributed by atoms with E-state index in [1.807, 2.05) is 24.3 Å². The van der Waals surface area contributed by atoms with Crippen molar-refractivity contribution in [1.29, 1.82) is 0 Å². The van der Waals surface area contributed by atoms with Gasteiger partial charge in [0.25, 0.3) is 0 Å². The number of rotatable bonds is 5. The molecule has 0 radical (unpaired) electrons. The van der Waals surface area contributed by atoms with Gasteiger partial charge in [-0.3, -0.25) is 9.82 Å². The topological polar surface area (TPSA) is 107 Å². The van der Waals surface area contributed by atoms with E-state index in [2.05, 4.69) is 34.1 Å². The van der Waals surface area contributed by atoms with E-state index in [1.54, 1.807) is 4.90 Å². The molecule has 1 fully saturated rings. The molecule has 28 heavy (non-hydrogen) atoms. The first-order valence-electron chi connectivity index (χ1n) is 9.40. The number of amides is 2. The van der Waals surface area contributed by atoms with E-state index in [0.717, 1.165) is 24.8 Å². The van der Waals surface area contributed by atoms with Crippen molar-refractivity contribution in [3.8, 4) is 0 Å². The number of likely N-dealkylation sites (tertiary alicyclic amines) is 1. The normalized spacial score (nSPS) is 17.6. The molecule has 0 aliphatic carbocycles. The van der Waals surface area contributed by atoms with Crippen molar-refractivity contribution in [3.05, 3.63) is 41.7 Å². The Kier molecular flexibility index (Phi) is 5.93. The maximum Gasteiger partial charge on any atom is 0.321 e. The summed E-state index contributed by atoms with van der Waals surface area (Å²) in [6.07, 6.45) is 4.26. The molecule has 1 aliphatic rings. The monoisotopic (exact) mass is 405 g/mol. The van der Waals surface area contributed by atoms with E-state index >= 15 is 0 Å². The highest BCUT2D eigenvalue weighted by Gasteiger charge is 2.28. The van der Waals surface area contributed by atoms with Gasteiger partial charge in [0.1, 0.15) is 0 Å². The molecule has 1 atom stereocenters. The molecule has 0 saturated carbocycles. The Balaban J connectivity index is 1.69. The van der Waals surface area contributed by atoms with E-state index in [9.17, 15) is 13.2 Å². The van der Waals surface area contributed by atoms with Crippen LogP contribution in [0.4, 0.5) is 16.2 Å². The van der Waals surface area contributed by atoms with Crippen LogP contribution in [0.2, 0.25) is 0 Å². The minimum atomic E-state index is -3.39. The average molecular weight is 406 g/mol. The third kappa shape index (κ3) is 5.03. The number of sulfonamides is 1. The van der Waals surface area contributed by atoms with Gasteiger partial charge in [-0.2, -0.15) is 5.10 Å². The molecule has 1 saturated heterocycles. The van der Waals surface area contributed by atoms with E-state index < -0.39 is 10.0 Å². The van der Waals surface area contributed by atoms with Crippen LogP contribution in [0, 0.1) is 0 Å². The van der Waals surface area contributed by atoms with Crippen LogP contribution >= 0.6 is 0 Å². The van der Waals surface area contributed by atoms with Crippen molar-refractivity contribution in [3.63, 3.8) is 0 Å². The number of hydrogen-bond acceptors (Lipinski definition) is 4. The number of nitrogens with zero attached hydrogens (tertiary/aromatic N) is 2. The van der Waals surface area contributed by atoms with Crippen LogP contribution in [-0.2, 0) is 10.0 Å². The second-order valence-corrected chi connectivity index (χ2v) is 9.32. The summed E-state index contributed by atoms with van der Waals surface area (Å²) in [5, 5.41) is 9.84. The lowest BCUT2D eigenvalue weighted by molar-refractivity contribution is 0.192. The molecule has 9 heteroatoms.